The molecule has 0 bridgehead atoms. The summed E-state index contributed by atoms with van der Waals surface area (Å²) in [7, 11) is 0. The molecule has 0 saturated heterocycles. The van der Waals surface area contributed by atoms with Crippen LogP contribution in [0.2, 0.25) is 0 Å². The summed E-state index contributed by atoms with van der Waals surface area (Å²) in [6.07, 6.45) is 2.70. The van der Waals surface area contributed by atoms with E-state index in [0.717, 1.165) is 23.7 Å². The smallest absolute Gasteiger partial charge is 0.251 e. The molecule has 1 amide bonds. The minimum absolute atomic E-state index is 0.00579. The highest BCUT2D eigenvalue weighted by atomic mass is 16.1. The summed E-state index contributed by atoms with van der Waals surface area (Å²) in [4.78, 5) is 11.7. The predicted octanol–water partition coefficient (Wildman–Crippen LogP) is 2.65. The Bertz CT molecular complexity index is 380. The first-order valence-corrected chi connectivity index (χ1v) is 6.30. The Kier molecular flexibility index (Phi) is 3.67. The second kappa shape index (κ2) is 5.21. The Morgan fingerprint density at radius 2 is 1.94 bits per heavy atom. The van der Waals surface area contributed by atoms with Crippen LogP contribution in [-0.2, 0) is 0 Å². The van der Waals surface area contributed by atoms with Gasteiger partial charge in [-0.15, -0.1) is 0 Å². The molecule has 0 aliphatic heterocycles. The fourth-order valence-electron chi connectivity index (χ4n) is 1.67. The average molecular weight is 232 g/mol. The molecule has 0 atom stereocenters. The first-order valence-electron chi connectivity index (χ1n) is 6.30. The number of carbonyl (C=O) groups excluding carboxylic acids is 1. The third kappa shape index (κ3) is 3.77. The molecule has 92 valence electrons. The van der Waals surface area contributed by atoms with Crippen LogP contribution < -0.4 is 10.6 Å². The number of amides is 1. The van der Waals surface area contributed by atoms with E-state index in [1.165, 1.54) is 12.8 Å². The molecule has 0 unspecified atom stereocenters. The van der Waals surface area contributed by atoms with E-state index < -0.39 is 0 Å². The Balaban J connectivity index is 1.89. The highest BCUT2D eigenvalue weighted by Crippen LogP contribution is 2.28. The van der Waals surface area contributed by atoms with E-state index in [4.69, 9.17) is 0 Å². The van der Waals surface area contributed by atoms with E-state index in [0.29, 0.717) is 0 Å². The molecule has 0 radical (unpaired) electrons. The molecule has 0 heterocycles. The topological polar surface area (TPSA) is 41.1 Å². The van der Waals surface area contributed by atoms with Gasteiger partial charge in [-0.05, 0) is 56.9 Å². The number of benzene rings is 1. The first kappa shape index (κ1) is 12.0. The molecule has 1 saturated carbocycles. The molecule has 0 spiro atoms. The zero-order valence-electron chi connectivity index (χ0n) is 10.5. The lowest BCUT2D eigenvalue weighted by Gasteiger charge is -2.09. The summed E-state index contributed by atoms with van der Waals surface area (Å²) in [5.74, 6) is 0.854. The zero-order chi connectivity index (χ0) is 12.3. The van der Waals surface area contributed by atoms with Gasteiger partial charge in [0.25, 0.3) is 5.91 Å². The molecule has 1 aliphatic carbocycles. The number of carbonyl (C=O) groups is 1. The molecule has 3 heteroatoms. The fraction of sp³-hybridized carbons (Fsp3) is 0.500. The van der Waals surface area contributed by atoms with Gasteiger partial charge in [0.2, 0.25) is 0 Å². The number of hydrogen-bond acceptors (Lipinski definition) is 2. The number of nitrogens with one attached hydrogen (secondary N) is 2. The van der Waals surface area contributed by atoms with Crippen molar-refractivity contribution in [2.24, 2.45) is 5.92 Å². The number of rotatable bonds is 5. The van der Waals surface area contributed by atoms with Gasteiger partial charge in [0, 0.05) is 23.8 Å². The van der Waals surface area contributed by atoms with Gasteiger partial charge in [-0.1, -0.05) is 0 Å². The van der Waals surface area contributed by atoms with Crippen LogP contribution in [0.5, 0.6) is 0 Å². The Labute approximate surface area is 103 Å². The van der Waals surface area contributed by atoms with Crippen LogP contribution in [0.25, 0.3) is 0 Å². The van der Waals surface area contributed by atoms with Crippen molar-refractivity contribution >= 4 is 11.6 Å². The van der Waals surface area contributed by atoms with Gasteiger partial charge >= 0.3 is 0 Å². The van der Waals surface area contributed by atoms with Crippen LogP contribution in [0.1, 0.15) is 37.0 Å². The van der Waals surface area contributed by atoms with Crippen molar-refractivity contribution in [2.45, 2.75) is 32.7 Å². The van der Waals surface area contributed by atoms with Gasteiger partial charge in [-0.25, -0.2) is 0 Å². The maximum Gasteiger partial charge on any atom is 0.251 e. The minimum Gasteiger partial charge on any atom is -0.385 e. The van der Waals surface area contributed by atoms with E-state index in [1.807, 2.05) is 38.1 Å². The van der Waals surface area contributed by atoms with Gasteiger partial charge < -0.3 is 10.6 Å². The van der Waals surface area contributed by atoms with Crippen LogP contribution in [0.15, 0.2) is 24.3 Å². The third-order valence-corrected chi connectivity index (χ3v) is 2.86. The first-order chi connectivity index (χ1) is 8.15. The summed E-state index contributed by atoms with van der Waals surface area (Å²) < 4.78 is 0. The van der Waals surface area contributed by atoms with Crippen molar-refractivity contribution in [1.29, 1.82) is 0 Å². The maximum absolute atomic E-state index is 11.7. The van der Waals surface area contributed by atoms with Crippen molar-refractivity contribution in [3.8, 4) is 0 Å². The van der Waals surface area contributed by atoms with Crippen molar-refractivity contribution in [2.75, 3.05) is 11.9 Å². The molecule has 1 fully saturated rings. The fourth-order valence-corrected chi connectivity index (χ4v) is 1.67. The lowest BCUT2D eigenvalue weighted by molar-refractivity contribution is 0.0943. The zero-order valence-corrected chi connectivity index (χ0v) is 10.5. The summed E-state index contributed by atoms with van der Waals surface area (Å²) in [6, 6.07) is 7.85. The van der Waals surface area contributed by atoms with Gasteiger partial charge in [-0.3, -0.25) is 4.79 Å². The van der Waals surface area contributed by atoms with Crippen molar-refractivity contribution in [1.82, 2.24) is 5.32 Å². The van der Waals surface area contributed by atoms with Crippen LogP contribution in [0.3, 0.4) is 0 Å². The standard InChI is InChI=1S/C14H20N2O/c1-10(2)16-14(17)12-5-7-13(8-6-12)15-9-11-3-4-11/h5-8,10-11,15H,3-4,9H2,1-2H3,(H,16,17). The van der Waals surface area contributed by atoms with Crippen LogP contribution in [-0.4, -0.2) is 18.5 Å². The SMILES string of the molecule is CC(C)NC(=O)c1ccc(NCC2CC2)cc1. The molecule has 17 heavy (non-hydrogen) atoms. The largest absolute Gasteiger partial charge is 0.385 e. The van der Waals surface area contributed by atoms with Crippen LogP contribution in [0.4, 0.5) is 5.69 Å². The lowest BCUT2D eigenvalue weighted by Crippen LogP contribution is -2.29. The third-order valence-electron chi connectivity index (χ3n) is 2.86. The lowest BCUT2D eigenvalue weighted by atomic mass is 10.2. The van der Waals surface area contributed by atoms with E-state index in [2.05, 4.69) is 10.6 Å². The highest BCUT2D eigenvalue weighted by molar-refractivity contribution is 5.94. The highest BCUT2D eigenvalue weighted by Gasteiger charge is 2.20. The monoisotopic (exact) mass is 232 g/mol. The molecule has 1 aliphatic rings. The maximum atomic E-state index is 11.7. The Morgan fingerprint density at radius 3 is 2.47 bits per heavy atom. The molecule has 3 nitrogen and oxygen atoms in total. The summed E-state index contributed by atoms with van der Waals surface area (Å²) in [6.45, 7) is 4.98. The van der Waals surface area contributed by atoms with Gasteiger partial charge in [0.1, 0.15) is 0 Å². The summed E-state index contributed by atoms with van der Waals surface area (Å²) >= 11 is 0. The summed E-state index contributed by atoms with van der Waals surface area (Å²) in [5, 5.41) is 6.26. The van der Waals surface area contributed by atoms with Gasteiger partial charge in [-0.2, -0.15) is 0 Å². The van der Waals surface area contributed by atoms with Crippen LogP contribution in [0, 0.1) is 5.92 Å². The molecule has 1 aromatic carbocycles. The van der Waals surface area contributed by atoms with Crippen molar-refractivity contribution in [3.63, 3.8) is 0 Å². The molecular weight excluding hydrogens is 212 g/mol. The second-order valence-electron chi connectivity index (χ2n) is 5.03. The molecular formula is C14H20N2O. The Morgan fingerprint density at radius 1 is 1.29 bits per heavy atom. The molecule has 1 aromatic rings. The van der Waals surface area contributed by atoms with E-state index >= 15 is 0 Å². The van der Waals surface area contributed by atoms with Gasteiger partial charge in [0.05, 0.1) is 0 Å². The van der Waals surface area contributed by atoms with Crippen molar-refractivity contribution in [3.05, 3.63) is 29.8 Å². The molecule has 2 rings (SSSR count). The van der Waals surface area contributed by atoms with E-state index in [9.17, 15) is 4.79 Å². The van der Waals surface area contributed by atoms with Crippen LogP contribution >= 0.6 is 0 Å². The molecule has 0 aromatic heterocycles. The second-order valence-corrected chi connectivity index (χ2v) is 5.03. The predicted molar refractivity (Wildman–Crippen MR) is 70.3 cm³/mol. The average Bonchev–Trinajstić information content (AvgIpc) is 3.10. The van der Waals surface area contributed by atoms with E-state index in [1.54, 1.807) is 0 Å². The van der Waals surface area contributed by atoms with Crippen molar-refractivity contribution < 1.29 is 4.79 Å². The summed E-state index contributed by atoms with van der Waals surface area (Å²) in [5.41, 5.74) is 1.81. The quantitative estimate of drug-likeness (QED) is 0.819. The molecule has 2 N–H and O–H groups in total. The van der Waals surface area contributed by atoms with E-state index in [-0.39, 0.29) is 11.9 Å². The number of anilines is 1. The minimum atomic E-state index is -0.00579. The number of hydrogen-bond donors (Lipinski definition) is 2. The Hall–Kier alpha value is -1.51. The normalized spacial score (nSPS) is 14.8. The van der Waals surface area contributed by atoms with Gasteiger partial charge in [0.15, 0.2) is 0 Å².